The topological polar surface area (TPSA) is 63.9 Å². The molecule has 2 aromatic rings. The lowest BCUT2D eigenvalue weighted by Crippen LogP contribution is -2.10. The molecule has 0 bridgehead atoms. The third-order valence-electron chi connectivity index (χ3n) is 2.01. The fourth-order valence-electron chi connectivity index (χ4n) is 1.31. The number of hydrogen-bond donors (Lipinski definition) is 2. The van der Waals surface area contributed by atoms with Crippen molar-refractivity contribution < 1.29 is 4.74 Å². The lowest BCUT2D eigenvalue weighted by molar-refractivity contribution is 0.315. The van der Waals surface area contributed by atoms with Gasteiger partial charge in [-0.25, -0.2) is 0 Å². The van der Waals surface area contributed by atoms with Crippen molar-refractivity contribution in [1.82, 2.24) is 10.2 Å². The van der Waals surface area contributed by atoms with Crippen LogP contribution >= 0.6 is 0 Å². The van der Waals surface area contributed by atoms with Crippen LogP contribution < -0.4 is 10.5 Å². The molecule has 2 rings (SSSR count). The van der Waals surface area contributed by atoms with E-state index in [1.807, 2.05) is 36.4 Å². The van der Waals surface area contributed by atoms with E-state index in [4.69, 9.17) is 10.5 Å². The number of aromatic amines is 1. The first-order valence-electron chi connectivity index (χ1n) is 4.84. The molecule has 0 fully saturated rings. The van der Waals surface area contributed by atoms with E-state index in [0.29, 0.717) is 19.0 Å². The lowest BCUT2D eigenvalue weighted by atomic mass is 10.2. The molecule has 0 radical (unpaired) electrons. The maximum Gasteiger partial charge on any atom is 0.233 e. The molecule has 0 spiro atoms. The van der Waals surface area contributed by atoms with Gasteiger partial charge in [0.15, 0.2) is 0 Å². The van der Waals surface area contributed by atoms with Crippen molar-refractivity contribution in [2.24, 2.45) is 5.73 Å². The minimum Gasteiger partial charge on any atom is -0.475 e. The number of H-pyrrole nitrogens is 1. The zero-order valence-corrected chi connectivity index (χ0v) is 8.31. The Morgan fingerprint density at radius 3 is 2.80 bits per heavy atom. The SMILES string of the molecule is NCCOc1cc(-c2ccccc2)[nH]n1. The maximum absolute atomic E-state index is 5.33. The van der Waals surface area contributed by atoms with Gasteiger partial charge < -0.3 is 10.5 Å². The Kier molecular flexibility index (Phi) is 2.99. The minimum atomic E-state index is 0.485. The number of nitrogens with zero attached hydrogens (tertiary/aromatic N) is 1. The molecular weight excluding hydrogens is 190 g/mol. The van der Waals surface area contributed by atoms with Crippen LogP contribution in [0.3, 0.4) is 0 Å². The second kappa shape index (κ2) is 4.61. The molecule has 15 heavy (non-hydrogen) atoms. The Morgan fingerprint density at radius 2 is 2.07 bits per heavy atom. The molecule has 0 saturated heterocycles. The largest absolute Gasteiger partial charge is 0.475 e. The molecule has 0 atom stereocenters. The van der Waals surface area contributed by atoms with Crippen molar-refractivity contribution >= 4 is 0 Å². The normalized spacial score (nSPS) is 10.2. The van der Waals surface area contributed by atoms with E-state index in [1.54, 1.807) is 0 Å². The summed E-state index contributed by atoms with van der Waals surface area (Å²) >= 11 is 0. The van der Waals surface area contributed by atoms with Gasteiger partial charge in [0.1, 0.15) is 6.61 Å². The van der Waals surface area contributed by atoms with E-state index in [1.165, 1.54) is 0 Å². The van der Waals surface area contributed by atoms with Gasteiger partial charge in [0.05, 0.1) is 5.69 Å². The Hall–Kier alpha value is -1.81. The summed E-state index contributed by atoms with van der Waals surface area (Å²) in [4.78, 5) is 0. The van der Waals surface area contributed by atoms with Crippen LogP contribution in [0.4, 0.5) is 0 Å². The Labute approximate surface area is 88.1 Å². The van der Waals surface area contributed by atoms with Crippen LogP contribution in [0.15, 0.2) is 36.4 Å². The van der Waals surface area contributed by atoms with Crippen molar-refractivity contribution in [2.45, 2.75) is 0 Å². The highest BCUT2D eigenvalue weighted by Gasteiger charge is 2.02. The van der Waals surface area contributed by atoms with Crippen molar-refractivity contribution in [1.29, 1.82) is 0 Å². The van der Waals surface area contributed by atoms with Gasteiger partial charge in [0, 0.05) is 12.6 Å². The summed E-state index contributed by atoms with van der Waals surface area (Å²) in [5.41, 5.74) is 7.37. The monoisotopic (exact) mass is 203 g/mol. The van der Waals surface area contributed by atoms with E-state index in [0.717, 1.165) is 11.3 Å². The zero-order valence-electron chi connectivity index (χ0n) is 8.31. The number of benzene rings is 1. The number of nitrogens with two attached hydrogens (primary N) is 1. The van der Waals surface area contributed by atoms with Gasteiger partial charge >= 0.3 is 0 Å². The highest BCUT2D eigenvalue weighted by Crippen LogP contribution is 2.19. The maximum atomic E-state index is 5.33. The molecular formula is C11H13N3O. The zero-order chi connectivity index (χ0) is 10.5. The molecule has 0 aliphatic carbocycles. The molecule has 1 heterocycles. The van der Waals surface area contributed by atoms with Crippen molar-refractivity contribution in [3.05, 3.63) is 36.4 Å². The van der Waals surface area contributed by atoms with Gasteiger partial charge in [-0.2, -0.15) is 0 Å². The summed E-state index contributed by atoms with van der Waals surface area (Å²) < 4.78 is 5.29. The number of nitrogens with one attached hydrogen (secondary N) is 1. The van der Waals surface area contributed by atoms with Crippen LogP contribution in [0, 0.1) is 0 Å². The smallest absolute Gasteiger partial charge is 0.233 e. The third kappa shape index (κ3) is 2.35. The van der Waals surface area contributed by atoms with E-state index in [2.05, 4.69) is 10.2 Å². The highest BCUT2D eigenvalue weighted by molar-refractivity contribution is 5.59. The van der Waals surface area contributed by atoms with Crippen molar-refractivity contribution in [2.75, 3.05) is 13.2 Å². The molecule has 0 aliphatic heterocycles. The van der Waals surface area contributed by atoms with Crippen LogP contribution in [-0.4, -0.2) is 23.3 Å². The first-order valence-corrected chi connectivity index (χ1v) is 4.84. The second-order valence-corrected chi connectivity index (χ2v) is 3.12. The average molecular weight is 203 g/mol. The Bertz CT molecular complexity index is 411. The highest BCUT2D eigenvalue weighted by atomic mass is 16.5. The van der Waals surface area contributed by atoms with E-state index < -0.39 is 0 Å². The average Bonchev–Trinajstić information content (AvgIpc) is 2.76. The summed E-state index contributed by atoms with van der Waals surface area (Å²) in [6.45, 7) is 0.979. The van der Waals surface area contributed by atoms with Gasteiger partial charge in [0.25, 0.3) is 0 Å². The summed E-state index contributed by atoms with van der Waals surface area (Å²) in [6.07, 6.45) is 0. The molecule has 78 valence electrons. The van der Waals surface area contributed by atoms with Crippen LogP contribution in [0.5, 0.6) is 5.88 Å². The van der Waals surface area contributed by atoms with Crippen molar-refractivity contribution in [3.8, 4) is 17.1 Å². The van der Waals surface area contributed by atoms with Gasteiger partial charge in [-0.05, 0) is 5.56 Å². The van der Waals surface area contributed by atoms with E-state index in [9.17, 15) is 0 Å². The van der Waals surface area contributed by atoms with Crippen molar-refractivity contribution in [3.63, 3.8) is 0 Å². The van der Waals surface area contributed by atoms with Crippen LogP contribution in [0.1, 0.15) is 0 Å². The molecule has 0 aliphatic rings. The number of aromatic nitrogens is 2. The first-order chi connectivity index (χ1) is 7.40. The minimum absolute atomic E-state index is 0.485. The second-order valence-electron chi connectivity index (χ2n) is 3.12. The van der Waals surface area contributed by atoms with E-state index in [-0.39, 0.29) is 0 Å². The first kappa shape index (κ1) is 9.73. The summed E-state index contributed by atoms with van der Waals surface area (Å²) in [7, 11) is 0. The fraction of sp³-hybridized carbons (Fsp3) is 0.182. The van der Waals surface area contributed by atoms with Crippen LogP contribution in [0.25, 0.3) is 11.3 Å². The summed E-state index contributed by atoms with van der Waals surface area (Å²) in [5.74, 6) is 0.583. The van der Waals surface area contributed by atoms with Gasteiger partial charge in [-0.3, -0.25) is 5.10 Å². The van der Waals surface area contributed by atoms with Crippen LogP contribution in [0.2, 0.25) is 0 Å². The third-order valence-corrected chi connectivity index (χ3v) is 2.01. The molecule has 0 unspecified atom stereocenters. The Balaban J connectivity index is 2.14. The fourth-order valence-corrected chi connectivity index (χ4v) is 1.31. The summed E-state index contributed by atoms with van der Waals surface area (Å²) in [6, 6.07) is 11.8. The van der Waals surface area contributed by atoms with E-state index >= 15 is 0 Å². The standard InChI is InChI=1S/C11H13N3O/c12-6-7-15-11-8-10(13-14-11)9-4-2-1-3-5-9/h1-5,8H,6-7,12H2,(H,13,14). The molecule has 1 aromatic heterocycles. The van der Waals surface area contributed by atoms with Gasteiger partial charge in [0.2, 0.25) is 5.88 Å². The van der Waals surface area contributed by atoms with Crippen LogP contribution in [-0.2, 0) is 0 Å². The molecule has 1 aromatic carbocycles. The number of hydrogen-bond acceptors (Lipinski definition) is 3. The molecule has 4 nitrogen and oxygen atoms in total. The van der Waals surface area contributed by atoms with Gasteiger partial charge in [-0.15, -0.1) is 5.10 Å². The predicted octanol–water partition coefficient (Wildman–Crippen LogP) is 1.41. The quantitative estimate of drug-likeness (QED) is 0.789. The Morgan fingerprint density at radius 1 is 1.27 bits per heavy atom. The molecule has 0 amide bonds. The predicted molar refractivity (Wildman–Crippen MR) is 58.6 cm³/mol. The summed E-state index contributed by atoms with van der Waals surface area (Å²) in [5, 5.41) is 6.94. The molecule has 0 saturated carbocycles. The van der Waals surface area contributed by atoms with Gasteiger partial charge in [-0.1, -0.05) is 30.3 Å². The molecule has 3 N–H and O–H groups in total. The lowest BCUT2D eigenvalue weighted by Gasteiger charge is -1.97. The number of ether oxygens (including phenoxy) is 1. The number of rotatable bonds is 4. The molecule has 4 heteroatoms.